The van der Waals surface area contributed by atoms with Gasteiger partial charge in [-0.3, -0.25) is 0 Å². The van der Waals surface area contributed by atoms with Crippen molar-refractivity contribution < 1.29 is 10.2 Å². The Kier molecular flexibility index (Phi) is 4.09. The average molecular weight is 177 g/mol. The lowest BCUT2D eigenvalue weighted by molar-refractivity contribution is -0.0578. The van der Waals surface area contributed by atoms with E-state index in [-0.39, 0.29) is 6.61 Å². The molecule has 0 aromatic rings. The molecule has 0 aromatic carbocycles. The second-order valence-electron chi connectivity index (χ2n) is 3.18. The van der Waals surface area contributed by atoms with Crippen LogP contribution in [0.4, 0.5) is 0 Å². The minimum atomic E-state index is -1.48. The summed E-state index contributed by atoms with van der Waals surface area (Å²) in [5, 5.41) is 21.4. The van der Waals surface area contributed by atoms with Crippen LogP contribution in [0, 0.1) is 0 Å². The van der Waals surface area contributed by atoms with Gasteiger partial charge in [-0.15, -0.1) is 0 Å². The van der Waals surface area contributed by atoms with Crippen molar-refractivity contribution in [2.45, 2.75) is 24.6 Å². The molecule has 2 atom stereocenters. The van der Waals surface area contributed by atoms with Gasteiger partial charge in [0.15, 0.2) is 0 Å². The maximum atomic E-state index is 9.56. The topological polar surface area (TPSA) is 105 Å². The maximum absolute atomic E-state index is 9.56. The van der Waals surface area contributed by atoms with Crippen molar-refractivity contribution in [3.63, 3.8) is 0 Å². The van der Waals surface area contributed by atoms with Gasteiger partial charge in [0, 0.05) is 0 Å². The molecule has 0 saturated carbocycles. The fourth-order valence-electron chi connectivity index (χ4n) is 1.20. The van der Waals surface area contributed by atoms with Crippen LogP contribution in [0.15, 0.2) is 0 Å². The Morgan fingerprint density at radius 1 is 1.50 bits per heavy atom. The largest absolute Gasteiger partial charge is 0.394 e. The van der Waals surface area contributed by atoms with Gasteiger partial charge in [-0.25, -0.2) is 0 Å². The number of hydrogen-bond acceptors (Lipinski definition) is 5. The smallest absolute Gasteiger partial charge is 0.131 e. The van der Waals surface area contributed by atoms with Gasteiger partial charge >= 0.3 is 0 Å². The van der Waals surface area contributed by atoms with Crippen molar-refractivity contribution in [1.82, 2.24) is 5.32 Å². The van der Waals surface area contributed by atoms with Gasteiger partial charge in [0.1, 0.15) is 5.72 Å². The van der Waals surface area contributed by atoms with Crippen molar-refractivity contribution in [1.29, 1.82) is 0 Å². The first-order valence-corrected chi connectivity index (χ1v) is 3.94. The monoisotopic (exact) mass is 177 g/mol. The van der Waals surface area contributed by atoms with Gasteiger partial charge < -0.3 is 27.0 Å². The van der Waals surface area contributed by atoms with Crippen LogP contribution >= 0.6 is 0 Å². The molecule has 0 aliphatic carbocycles. The second-order valence-corrected chi connectivity index (χ2v) is 3.18. The Morgan fingerprint density at radius 2 is 2.00 bits per heavy atom. The summed E-state index contributed by atoms with van der Waals surface area (Å²) < 4.78 is 0. The number of likely N-dealkylation sites (N-methyl/N-ethyl adjacent to an activating group) is 1. The Bertz CT molecular complexity index is 129. The minimum absolute atomic E-state index is 0.246. The summed E-state index contributed by atoms with van der Waals surface area (Å²) in [4.78, 5) is 0. The van der Waals surface area contributed by atoms with E-state index in [0.29, 0.717) is 13.0 Å². The number of rotatable bonds is 5. The Balaban J connectivity index is 4.57. The highest BCUT2D eigenvalue weighted by atomic mass is 16.3. The molecule has 0 spiro atoms. The van der Waals surface area contributed by atoms with E-state index in [9.17, 15) is 5.11 Å². The molecule has 0 aliphatic heterocycles. The highest BCUT2D eigenvalue weighted by Gasteiger charge is 2.42. The molecule has 0 aromatic heterocycles. The van der Waals surface area contributed by atoms with Crippen LogP contribution in [-0.2, 0) is 0 Å². The second kappa shape index (κ2) is 4.15. The van der Waals surface area contributed by atoms with Crippen molar-refractivity contribution in [3.05, 3.63) is 0 Å². The number of aliphatic hydroxyl groups is 2. The molecule has 7 N–H and O–H groups in total. The standard InChI is InChI=1S/C7H19N3O2/c1-6(9,12)7(5-11,10-2)3-4-8/h10-12H,3-5,8-9H2,1-2H3. The molecule has 0 amide bonds. The predicted octanol–water partition coefficient (Wildman–Crippen LogP) is -2.05. The van der Waals surface area contributed by atoms with Gasteiger partial charge in [-0.1, -0.05) is 0 Å². The molecule has 12 heavy (non-hydrogen) atoms. The molecular formula is C7H19N3O2. The molecule has 74 valence electrons. The summed E-state index contributed by atoms with van der Waals surface area (Å²) in [6, 6.07) is 0. The van der Waals surface area contributed by atoms with Crippen LogP contribution in [0.5, 0.6) is 0 Å². The van der Waals surface area contributed by atoms with Crippen molar-refractivity contribution in [2.75, 3.05) is 20.2 Å². The molecule has 0 rings (SSSR count). The van der Waals surface area contributed by atoms with E-state index in [1.165, 1.54) is 6.92 Å². The van der Waals surface area contributed by atoms with E-state index < -0.39 is 11.3 Å². The highest BCUT2D eigenvalue weighted by Crippen LogP contribution is 2.19. The molecule has 0 saturated heterocycles. The van der Waals surface area contributed by atoms with Gasteiger partial charge in [-0.2, -0.15) is 0 Å². The van der Waals surface area contributed by atoms with Gasteiger partial charge in [0.05, 0.1) is 12.1 Å². The van der Waals surface area contributed by atoms with Gasteiger partial charge in [0.25, 0.3) is 0 Å². The van der Waals surface area contributed by atoms with Crippen LogP contribution in [0.1, 0.15) is 13.3 Å². The van der Waals surface area contributed by atoms with E-state index in [2.05, 4.69) is 5.32 Å². The Morgan fingerprint density at radius 3 is 2.08 bits per heavy atom. The molecule has 0 aliphatic rings. The van der Waals surface area contributed by atoms with Gasteiger partial charge in [0.2, 0.25) is 0 Å². The normalized spacial score (nSPS) is 21.5. The predicted molar refractivity (Wildman–Crippen MR) is 47.4 cm³/mol. The molecule has 2 unspecified atom stereocenters. The number of nitrogens with one attached hydrogen (secondary N) is 1. The Labute approximate surface area is 72.7 Å². The summed E-state index contributed by atoms with van der Waals surface area (Å²) in [5.74, 6) is 0. The highest BCUT2D eigenvalue weighted by molar-refractivity contribution is 4.99. The number of hydrogen-bond donors (Lipinski definition) is 5. The lowest BCUT2D eigenvalue weighted by atomic mass is 9.85. The van der Waals surface area contributed by atoms with Crippen molar-refractivity contribution in [3.8, 4) is 0 Å². The Hall–Kier alpha value is -0.200. The molecule has 0 fully saturated rings. The molecular weight excluding hydrogens is 158 g/mol. The molecule has 5 nitrogen and oxygen atoms in total. The lowest BCUT2D eigenvalue weighted by Gasteiger charge is -2.41. The third-order valence-electron chi connectivity index (χ3n) is 2.29. The molecule has 0 radical (unpaired) electrons. The number of aliphatic hydroxyl groups excluding tert-OH is 1. The number of nitrogens with two attached hydrogens (primary N) is 2. The van der Waals surface area contributed by atoms with Crippen LogP contribution in [0.2, 0.25) is 0 Å². The summed E-state index contributed by atoms with van der Waals surface area (Å²) in [6.45, 7) is 1.55. The van der Waals surface area contributed by atoms with Crippen molar-refractivity contribution >= 4 is 0 Å². The third kappa shape index (κ3) is 2.15. The van der Waals surface area contributed by atoms with E-state index in [1.807, 2.05) is 0 Å². The fourth-order valence-corrected chi connectivity index (χ4v) is 1.20. The molecule has 0 bridgehead atoms. The fraction of sp³-hybridized carbons (Fsp3) is 1.00. The van der Waals surface area contributed by atoms with Gasteiger partial charge in [-0.05, 0) is 26.9 Å². The zero-order valence-corrected chi connectivity index (χ0v) is 7.67. The third-order valence-corrected chi connectivity index (χ3v) is 2.29. The van der Waals surface area contributed by atoms with E-state index in [0.717, 1.165) is 0 Å². The summed E-state index contributed by atoms with van der Waals surface area (Å²) in [6.07, 6.45) is 0.420. The first-order chi connectivity index (χ1) is 5.43. The minimum Gasteiger partial charge on any atom is -0.394 e. The van der Waals surface area contributed by atoms with Crippen LogP contribution in [0.3, 0.4) is 0 Å². The van der Waals surface area contributed by atoms with E-state index >= 15 is 0 Å². The zero-order chi connectivity index (χ0) is 9.83. The van der Waals surface area contributed by atoms with Crippen LogP contribution < -0.4 is 16.8 Å². The molecule has 5 heteroatoms. The van der Waals surface area contributed by atoms with Crippen molar-refractivity contribution in [2.24, 2.45) is 11.5 Å². The van der Waals surface area contributed by atoms with E-state index in [1.54, 1.807) is 7.05 Å². The summed E-state index contributed by atoms with van der Waals surface area (Å²) in [7, 11) is 1.63. The first-order valence-electron chi connectivity index (χ1n) is 3.94. The van der Waals surface area contributed by atoms with Crippen LogP contribution in [0.25, 0.3) is 0 Å². The van der Waals surface area contributed by atoms with E-state index in [4.69, 9.17) is 16.6 Å². The summed E-state index contributed by atoms with van der Waals surface area (Å²) in [5.41, 5.74) is 8.45. The SMILES string of the molecule is CNC(CO)(CCN)C(C)(N)O. The average Bonchev–Trinajstić information content (AvgIpc) is 1.98. The summed E-state index contributed by atoms with van der Waals surface area (Å²) >= 11 is 0. The maximum Gasteiger partial charge on any atom is 0.131 e. The van der Waals surface area contributed by atoms with Crippen LogP contribution in [-0.4, -0.2) is 41.7 Å². The first kappa shape index (κ1) is 11.8. The molecule has 0 heterocycles. The lowest BCUT2D eigenvalue weighted by Crippen LogP contribution is -2.68. The zero-order valence-electron chi connectivity index (χ0n) is 7.67. The quantitative estimate of drug-likeness (QED) is 0.311.